The smallest absolute Gasteiger partial charge is 0.387 e. The number of nitrogens with zero attached hydrogens (tertiary/aromatic N) is 1. The lowest BCUT2D eigenvalue weighted by atomic mass is 10.2. The van der Waals surface area contributed by atoms with Crippen LogP contribution in [0.25, 0.3) is 0 Å². The lowest BCUT2D eigenvalue weighted by Gasteiger charge is -2.26. The van der Waals surface area contributed by atoms with Gasteiger partial charge in [-0.15, -0.1) is 0 Å². The first-order valence-electron chi connectivity index (χ1n) is 7.41. The van der Waals surface area contributed by atoms with Crippen LogP contribution in [-0.2, 0) is 6.54 Å². The number of thioether (sulfide) groups is 1. The van der Waals surface area contributed by atoms with E-state index >= 15 is 0 Å². The molecule has 128 valence electrons. The van der Waals surface area contributed by atoms with Crippen molar-refractivity contribution in [3.05, 3.63) is 23.8 Å². The van der Waals surface area contributed by atoms with E-state index in [1.807, 2.05) is 0 Å². The predicted octanol–water partition coefficient (Wildman–Crippen LogP) is 2.95. The molecule has 0 aromatic heterocycles. The zero-order valence-corrected chi connectivity index (χ0v) is 13.7. The van der Waals surface area contributed by atoms with E-state index in [9.17, 15) is 13.6 Å². The molecule has 1 fully saturated rings. The first kappa shape index (κ1) is 17.7. The number of amides is 2. The average Bonchev–Trinajstić information content (AvgIpc) is 2.55. The number of rotatable bonds is 6. The van der Waals surface area contributed by atoms with Gasteiger partial charge in [-0.25, -0.2) is 4.79 Å². The highest BCUT2D eigenvalue weighted by molar-refractivity contribution is 7.99. The van der Waals surface area contributed by atoms with Crippen molar-refractivity contribution >= 4 is 17.8 Å². The Kier molecular flexibility index (Phi) is 6.76. The summed E-state index contributed by atoms with van der Waals surface area (Å²) >= 11 is 1.81. The number of para-hydroxylation sites is 1. The summed E-state index contributed by atoms with van der Waals surface area (Å²) in [4.78, 5) is 13.8. The van der Waals surface area contributed by atoms with Crippen LogP contribution in [0.4, 0.5) is 13.6 Å². The second-order valence-electron chi connectivity index (χ2n) is 4.81. The number of carbonyl (C=O) groups is 1. The highest BCUT2D eigenvalue weighted by Crippen LogP contribution is 2.32. The van der Waals surface area contributed by atoms with Gasteiger partial charge >= 0.3 is 12.6 Å². The van der Waals surface area contributed by atoms with E-state index in [0.29, 0.717) is 25.3 Å². The molecule has 2 rings (SSSR count). The van der Waals surface area contributed by atoms with E-state index < -0.39 is 6.61 Å². The lowest BCUT2D eigenvalue weighted by molar-refractivity contribution is -0.0520. The van der Waals surface area contributed by atoms with Gasteiger partial charge in [0.15, 0.2) is 11.5 Å². The molecule has 0 spiro atoms. The Balaban J connectivity index is 2.05. The van der Waals surface area contributed by atoms with Crippen molar-refractivity contribution in [1.29, 1.82) is 0 Å². The maximum atomic E-state index is 12.6. The first-order valence-corrected chi connectivity index (χ1v) is 8.57. The molecule has 5 nitrogen and oxygen atoms in total. The maximum absolute atomic E-state index is 12.6. The van der Waals surface area contributed by atoms with Crippen LogP contribution in [0.2, 0.25) is 0 Å². The molecule has 1 aliphatic heterocycles. The predicted molar refractivity (Wildman–Crippen MR) is 85.4 cm³/mol. The van der Waals surface area contributed by atoms with Gasteiger partial charge in [0.1, 0.15) is 0 Å². The summed E-state index contributed by atoms with van der Waals surface area (Å²) in [6.45, 7) is 0.623. The Morgan fingerprint density at radius 1 is 1.39 bits per heavy atom. The summed E-state index contributed by atoms with van der Waals surface area (Å²) in [5, 5.41) is 2.75. The molecule has 1 aromatic carbocycles. The van der Waals surface area contributed by atoms with Crippen LogP contribution in [0, 0.1) is 0 Å². The Morgan fingerprint density at radius 2 is 2.13 bits per heavy atom. The van der Waals surface area contributed by atoms with Crippen LogP contribution in [-0.4, -0.2) is 48.7 Å². The Labute approximate surface area is 138 Å². The van der Waals surface area contributed by atoms with Crippen LogP contribution in [0.5, 0.6) is 11.5 Å². The van der Waals surface area contributed by atoms with Crippen molar-refractivity contribution < 1.29 is 23.0 Å². The molecule has 0 unspecified atom stereocenters. The summed E-state index contributed by atoms with van der Waals surface area (Å²) in [7, 11) is 0. The van der Waals surface area contributed by atoms with E-state index in [0.717, 1.165) is 11.5 Å². The highest BCUT2D eigenvalue weighted by Gasteiger charge is 2.19. The molecule has 0 aliphatic carbocycles. The minimum Gasteiger partial charge on any atom is -0.490 e. The van der Waals surface area contributed by atoms with Gasteiger partial charge in [0.05, 0.1) is 6.61 Å². The second-order valence-corrected chi connectivity index (χ2v) is 6.04. The number of halogens is 2. The third-order valence-corrected chi connectivity index (χ3v) is 4.24. The number of urea groups is 1. The van der Waals surface area contributed by atoms with Gasteiger partial charge in [-0.2, -0.15) is 20.5 Å². The summed E-state index contributed by atoms with van der Waals surface area (Å²) in [5.74, 6) is 2.03. The number of carbonyl (C=O) groups excluding carboxylic acids is 1. The van der Waals surface area contributed by atoms with Crippen LogP contribution in [0.15, 0.2) is 18.2 Å². The number of alkyl halides is 2. The largest absolute Gasteiger partial charge is 0.490 e. The Morgan fingerprint density at radius 3 is 2.78 bits per heavy atom. The van der Waals surface area contributed by atoms with Gasteiger partial charge in [0.25, 0.3) is 0 Å². The van der Waals surface area contributed by atoms with Crippen molar-refractivity contribution in [3.63, 3.8) is 0 Å². The van der Waals surface area contributed by atoms with Crippen molar-refractivity contribution in [2.45, 2.75) is 20.1 Å². The van der Waals surface area contributed by atoms with E-state index in [1.54, 1.807) is 41.8 Å². The molecular formula is C15H20F2N2O3S. The number of hydrogen-bond donors (Lipinski definition) is 1. The molecule has 23 heavy (non-hydrogen) atoms. The van der Waals surface area contributed by atoms with Gasteiger partial charge in [0, 0.05) is 36.7 Å². The molecule has 1 N–H and O–H groups in total. The third kappa shape index (κ3) is 5.16. The Bertz CT molecular complexity index is 525. The van der Waals surface area contributed by atoms with E-state index in [2.05, 4.69) is 10.1 Å². The molecule has 1 aliphatic rings. The minimum atomic E-state index is -2.95. The van der Waals surface area contributed by atoms with E-state index in [-0.39, 0.29) is 24.1 Å². The van der Waals surface area contributed by atoms with E-state index in [4.69, 9.17) is 4.74 Å². The SMILES string of the molecule is CCOc1cccc(CNC(=O)N2CCSCC2)c1OC(F)F. The quantitative estimate of drug-likeness (QED) is 0.860. The fourth-order valence-corrected chi connectivity index (χ4v) is 3.14. The molecule has 0 radical (unpaired) electrons. The zero-order chi connectivity index (χ0) is 16.7. The maximum Gasteiger partial charge on any atom is 0.387 e. The van der Waals surface area contributed by atoms with Crippen LogP contribution in [0.1, 0.15) is 12.5 Å². The molecular weight excluding hydrogens is 326 g/mol. The number of ether oxygens (including phenoxy) is 2. The van der Waals surface area contributed by atoms with Crippen LogP contribution < -0.4 is 14.8 Å². The summed E-state index contributed by atoms with van der Waals surface area (Å²) in [5.41, 5.74) is 0.455. The lowest BCUT2D eigenvalue weighted by Crippen LogP contribution is -2.44. The summed E-state index contributed by atoms with van der Waals surface area (Å²) in [6, 6.07) is 4.68. The molecule has 2 amide bonds. The second kappa shape index (κ2) is 8.81. The standard InChI is InChI=1S/C15H20F2N2O3S/c1-2-21-12-5-3-4-11(13(12)22-14(16)17)10-18-15(20)19-6-8-23-9-7-19/h3-5,14H,2,6-10H2,1H3,(H,18,20). The van der Waals surface area contributed by atoms with Crippen molar-refractivity contribution in [2.75, 3.05) is 31.2 Å². The van der Waals surface area contributed by atoms with Crippen LogP contribution in [0.3, 0.4) is 0 Å². The van der Waals surface area contributed by atoms with Gasteiger partial charge in [0.2, 0.25) is 0 Å². The number of nitrogens with one attached hydrogen (secondary N) is 1. The molecule has 0 atom stereocenters. The molecule has 8 heteroatoms. The summed E-state index contributed by atoms with van der Waals surface area (Å²) in [6.07, 6.45) is 0. The fourth-order valence-electron chi connectivity index (χ4n) is 2.24. The highest BCUT2D eigenvalue weighted by atomic mass is 32.2. The van der Waals surface area contributed by atoms with Crippen molar-refractivity contribution in [2.24, 2.45) is 0 Å². The average molecular weight is 346 g/mol. The van der Waals surface area contributed by atoms with Gasteiger partial charge in [-0.05, 0) is 13.0 Å². The number of benzene rings is 1. The van der Waals surface area contributed by atoms with E-state index in [1.165, 1.54) is 0 Å². The zero-order valence-electron chi connectivity index (χ0n) is 12.9. The van der Waals surface area contributed by atoms with Crippen molar-refractivity contribution in [3.8, 4) is 11.5 Å². The fraction of sp³-hybridized carbons (Fsp3) is 0.533. The number of hydrogen-bond acceptors (Lipinski definition) is 4. The molecule has 0 saturated carbocycles. The minimum absolute atomic E-state index is 0.0288. The van der Waals surface area contributed by atoms with Crippen LogP contribution >= 0.6 is 11.8 Å². The normalized spacial score (nSPS) is 14.7. The molecule has 1 saturated heterocycles. The van der Waals surface area contributed by atoms with Gasteiger partial charge in [-0.3, -0.25) is 0 Å². The Hall–Kier alpha value is -1.70. The first-order chi connectivity index (χ1) is 11.1. The summed E-state index contributed by atoms with van der Waals surface area (Å²) < 4.78 is 35.2. The molecule has 1 aromatic rings. The topological polar surface area (TPSA) is 50.8 Å². The van der Waals surface area contributed by atoms with Gasteiger partial charge in [-0.1, -0.05) is 12.1 Å². The van der Waals surface area contributed by atoms with Crippen molar-refractivity contribution in [1.82, 2.24) is 10.2 Å². The molecule has 0 bridgehead atoms. The third-order valence-electron chi connectivity index (χ3n) is 3.30. The molecule has 1 heterocycles. The monoisotopic (exact) mass is 346 g/mol. The van der Waals surface area contributed by atoms with Gasteiger partial charge < -0.3 is 19.7 Å².